The minimum absolute atomic E-state index is 0.0907. The molecular formula is C14H17NO4. The van der Waals surface area contributed by atoms with Crippen molar-refractivity contribution in [3.8, 4) is 5.75 Å². The molecule has 1 N–H and O–H groups in total. The molecule has 0 radical (unpaired) electrons. The third-order valence-corrected chi connectivity index (χ3v) is 2.73. The zero-order valence-corrected chi connectivity index (χ0v) is 11.0. The third kappa shape index (κ3) is 3.47. The van der Waals surface area contributed by atoms with Gasteiger partial charge in [0.15, 0.2) is 0 Å². The van der Waals surface area contributed by atoms with Crippen molar-refractivity contribution in [2.75, 3.05) is 6.61 Å². The quantitative estimate of drug-likeness (QED) is 0.836. The number of esters is 1. The molecule has 1 saturated heterocycles. The van der Waals surface area contributed by atoms with E-state index >= 15 is 0 Å². The molecule has 0 saturated carbocycles. The lowest BCUT2D eigenvalue weighted by molar-refractivity contribution is -0.139. The van der Waals surface area contributed by atoms with E-state index in [1.54, 1.807) is 24.3 Å². The second kappa shape index (κ2) is 5.73. The van der Waals surface area contributed by atoms with Gasteiger partial charge in [0.2, 0.25) is 0 Å². The largest absolute Gasteiger partial charge is 0.491 e. The molecule has 102 valence electrons. The SMILES string of the molecule is CC(C)Oc1ccc(C(=O)NC2CCOC2=O)cc1. The van der Waals surface area contributed by atoms with E-state index < -0.39 is 6.04 Å². The van der Waals surface area contributed by atoms with E-state index in [-0.39, 0.29) is 18.0 Å². The normalized spacial score (nSPS) is 18.3. The average Bonchev–Trinajstić information content (AvgIpc) is 2.75. The van der Waals surface area contributed by atoms with Crippen molar-refractivity contribution in [3.05, 3.63) is 29.8 Å². The van der Waals surface area contributed by atoms with E-state index in [0.29, 0.717) is 24.3 Å². The van der Waals surface area contributed by atoms with Gasteiger partial charge in [-0.15, -0.1) is 0 Å². The Kier molecular flexibility index (Phi) is 4.04. The number of hydrogen-bond donors (Lipinski definition) is 1. The summed E-state index contributed by atoms with van der Waals surface area (Å²) in [6, 6.07) is 6.30. The van der Waals surface area contributed by atoms with Crippen molar-refractivity contribution in [2.24, 2.45) is 0 Å². The number of cyclic esters (lactones) is 1. The molecule has 1 aliphatic rings. The van der Waals surface area contributed by atoms with Crippen LogP contribution in [0.5, 0.6) is 5.75 Å². The summed E-state index contributed by atoms with van der Waals surface area (Å²) in [7, 11) is 0. The Morgan fingerprint density at radius 3 is 2.58 bits per heavy atom. The highest BCUT2D eigenvalue weighted by Gasteiger charge is 2.28. The molecule has 0 spiro atoms. The molecule has 5 heteroatoms. The molecule has 1 atom stereocenters. The lowest BCUT2D eigenvalue weighted by atomic mass is 10.1. The van der Waals surface area contributed by atoms with Crippen molar-refractivity contribution in [1.82, 2.24) is 5.32 Å². The van der Waals surface area contributed by atoms with Crippen LogP contribution in [0.4, 0.5) is 0 Å². The summed E-state index contributed by atoms with van der Waals surface area (Å²) in [5.41, 5.74) is 0.496. The van der Waals surface area contributed by atoms with Crippen LogP contribution in [-0.4, -0.2) is 30.6 Å². The maximum atomic E-state index is 11.9. The first-order chi connectivity index (χ1) is 9.06. The molecule has 1 heterocycles. The van der Waals surface area contributed by atoms with Gasteiger partial charge < -0.3 is 14.8 Å². The number of ether oxygens (including phenoxy) is 2. The Bertz CT molecular complexity index is 467. The fraction of sp³-hybridized carbons (Fsp3) is 0.429. The summed E-state index contributed by atoms with van der Waals surface area (Å²) < 4.78 is 10.3. The summed E-state index contributed by atoms with van der Waals surface area (Å²) in [6.07, 6.45) is 0.618. The van der Waals surface area contributed by atoms with Crippen LogP contribution < -0.4 is 10.1 Å². The molecule has 1 aliphatic heterocycles. The molecule has 5 nitrogen and oxygen atoms in total. The minimum atomic E-state index is -0.529. The van der Waals surface area contributed by atoms with E-state index in [4.69, 9.17) is 9.47 Å². The zero-order chi connectivity index (χ0) is 13.8. The molecule has 0 aromatic heterocycles. The van der Waals surface area contributed by atoms with Gasteiger partial charge in [-0.1, -0.05) is 0 Å². The number of rotatable bonds is 4. The predicted octanol–water partition coefficient (Wildman–Crippen LogP) is 1.52. The van der Waals surface area contributed by atoms with Gasteiger partial charge in [-0.2, -0.15) is 0 Å². The van der Waals surface area contributed by atoms with Crippen LogP contribution in [-0.2, 0) is 9.53 Å². The van der Waals surface area contributed by atoms with Crippen LogP contribution in [0.1, 0.15) is 30.6 Å². The highest BCUT2D eigenvalue weighted by Crippen LogP contribution is 2.14. The fourth-order valence-corrected chi connectivity index (χ4v) is 1.83. The number of carbonyl (C=O) groups excluding carboxylic acids is 2. The maximum Gasteiger partial charge on any atom is 0.328 e. The smallest absolute Gasteiger partial charge is 0.328 e. The Morgan fingerprint density at radius 1 is 1.37 bits per heavy atom. The topological polar surface area (TPSA) is 64.6 Å². The number of nitrogens with one attached hydrogen (secondary N) is 1. The zero-order valence-electron chi connectivity index (χ0n) is 11.0. The Labute approximate surface area is 111 Å². The molecule has 1 unspecified atom stereocenters. The number of benzene rings is 1. The first-order valence-corrected chi connectivity index (χ1v) is 6.30. The standard InChI is InChI=1S/C14H17NO4/c1-9(2)19-11-5-3-10(4-6-11)13(16)15-12-7-8-18-14(12)17/h3-6,9,12H,7-8H2,1-2H3,(H,15,16). The number of amides is 1. The first kappa shape index (κ1) is 13.4. The van der Waals surface area contributed by atoms with E-state index in [2.05, 4.69) is 5.32 Å². The van der Waals surface area contributed by atoms with Gasteiger partial charge in [-0.05, 0) is 38.1 Å². The van der Waals surface area contributed by atoms with Gasteiger partial charge in [0.05, 0.1) is 12.7 Å². The van der Waals surface area contributed by atoms with Crippen LogP contribution in [0.15, 0.2) is 24.3 Å². The van der Waals surface area contributed by atoms with Crippen molar-refractivity contribution >= 4 is 11.9 Å². The van der Waals surface area contributed by atoms with Crippen LogP contribution in [0.2, 0.25) is 0 Å². The number of carbonyl (C=O) groups is 2. The highest BCUT2D eigenvalue weighted by molar-refractivity contribution is 5.97. The van der Waals surface area contributed by atoms with Crippen LogP contribution in [0.25, 0.3) is 0 Å². The monoisotopic (exact) mass is 263 g/mol. The van der Waals surface area contributed by atoms with Gasteiger partial charge in [0.25, 0.3) is 5.91 Å². The molecule has 2 rings (SSSR count). The molecule has 19 heavy (non-hydrogen) atoms. The summed E-state index contributed by atoms with van der Waals surface area (Å²) in [4.78, 5) is 23.2. The molecule has 1 amide bonds. The second-order valence-electron chi connectivity index (χ2n) is 4.67. The van der Waals surface area contributed by atoms with Crippen molar-refractivity contribution in [1.29, 1.82) is 0 Å². The van der Waals surface area contributed by atoms with Gasteiger partial charge in [0, 0.05) is 12.0 Å². The summed E-state index contributed by atoms with van der Waals surface area (Å²) >= 11 is 0. The van der Waals surface area contributed by atoms with E-state index in [1.165, 1.54) is 0 Å². The van der Waals surface area contributed by atoms with Gasteiger partial charge in [-0.3, -0.25) is 4.79 Å². The van der Waals surface area contributed by atoms with Crippen molar-refractivity contribution in [2.45, 2.75) is 32.4 Å². The summed E-state index contributed by atoms with van der Waals surface area (Å²) in [5, 5.41) is 2.65. The Balaban J connectivity index is 1.97. The molecule has 0 bridgehead atoms. The van der Waals surface area contributed by atoms with Crippen molar-refractivity contribution in [3.63, 3.8) is 0 Å². The molecular weight excluding hydrogens is 246 g/mol. The average molecular weight is 263 g/mol. The van der Waals surface area contributed by atoms with E-state index in [0.717, 1.165) is 0 Å². The summed E-state index contributed by atoms with van der Waals surface area (Å²) in [6.45, 7) is 4.24. The minimum Gasteiger partial charge on any atom is -0.491 e. The fourth-order valence-electron chi connectivity index (χ4n) is 1.83. The molecule has 1 aromatic carbocycles. The Morgan fingerprint density at radius 2 is 2.05 bits per heavy atom. The van der Waals surface area contributed by atoms with E-state index in [9.17, 15) is 9.59 Å². The van der Waals surface area contributed by atoms with Gasteiger partial charge in [-0.25, -0.2) is 4.79 Å². The highest BCUT2D eigenvalue weighted by atomic mass is 16.5. The van der Waals surface area contributed by atoms with Crippen LogP contribution in [0, 0.1) is 0 Å². The van der Waals surface area contributed by atoms with Crippen LogP contribution >= 0.6 is 0 Å². The van der Waals surface area contributed by atoms with Gasteiger partial charge in [0.1, 0.15) is 11.8 Å². The van der Waals surface area contributed by atoms with Crippen LogP contribution in [0.3, 0.4) is 0 Å². The third-order valence-electron chi connectivity index (χ3n) is 2.73. The van der Waals surface area contributed by atoms with E-state index in [1.807, 2.05) is 13.8 Å². The van der Waals surface area contributed by atoms with Gasteiger partial charge >= 0.3 is 5.97 Å². The molecule has 1 fully saturated rings. The maximum absolute atomic E-state index is 11.9. The number of hydrogen-bond acceptors (Lipinski definition) is 4. The first-order valence-electron chi connectivity index (χ1n) is 6.30. The van der Waals surface area contributed by atoms with Crippen molar-refractivity contribution < 1.29 is 19.1 Å². The Hall–Kier alpha value is -2.04. The predicted molar refractivity (Wildman–Crippen MR) is 69.0 cm³/mol. The molecule has 1 aromatic rings. The second-order valence-corrected chi connectivity index (χ2v) is 4.67. The summed E-state index contributed by atoms with van der Waals surface area (Å²) in [5.74, 6) is 0.0693. The lowest BCUT2D eigenvalue weighted by Gasteiger charge is -2.11. The lowest BCUT2D eigenvalue weighted by Crippen LogP contribution is -2.37. The molecule has 0 aliphatic carbocycles.